The molecule has 1 heterocycles. The molecule has 0 amide bonds. The van der Waals surface area contributed by atoms with Crippen LogP contribution in [0.4, 0.5) is 0 Å². The summed E-state index contributed by atoms with van der Waals surface area (Å²) in [7, 11) is 3.19. The Hall–Kier alpha value is -1.46. The van der Waals surface area contributed by atoms with E-state index in [1.807, 2.05) is 36.0 Å². The molecule has 1 aliphatic rings. The van der Waals surface area contributed by atoms with Crippen molar-refractivity contribution in [1.29, 1.82) is 0 Å². The number of benzene rings is 2. The number of methoxy groups -OCH3 is 2. The average molecular weight is 494 g/mol. The average Bonchev–Trinajstić information content (AvgIpc) is 3.23. The Balaban J connectivity index is 1.91. The van der Waals surface area contributed by atoms with Crippen LogP contribution >= 0.6 is 11.8 Å². The van der Waals surface area contributed by atoms with E-state index in [-0.39, 0.29) is 26.8 Å². The van der Waals surface area contributed by atoms with Gasteiger partial charge in [-0.25, -0.2) is 0 Å². The van der Waals surface area contributed by atoms with Crippen LogP contribution in [0, 0.1) is 5.92 Å². The zero-order valence-corrected chi connectivity index (χ0v) is 20.6. The Labute approximate surface area is 190 Å². The summed E-state index contributed by atoms with van der Waals surface area (Å²) in [5.74, 6) is 1.61. The Morgan fingerprint density at radius 2 is 2.00 bits per heavy atom. The van der Waals surface area contributed by atoms with Crippen molar-refractivity contribution in [2.24, 2.45) is 5.92 Å². The molecule has 1 aliphatic heterocycles. The predicted octanol–water partition coefficient (Wildman–Crippen LogP) is 4.36. The molecule has 30 heavy (non-hydrogen) atoms. The minimum absolute atomic E-state index is 0.116. The second-order valence-corrected chi connectivity index (χ2v) is 11.0. The fraction of sp³-hybridized carbons (Fsp3) is 0.458. The van der Waals surface area contributed by atoms with Crippen LogP contribution in [0.2, 0.25) is 5.32 Å². The van der Waals surface area contributed by atoms with Gasteiger partial charge in [0.15, 0.2) is 0 Å². The molecule has 0 aliphatic carbocycles. The number of carbonyl (C=O) groups excluding carboxylic acids is 1. The van der Waals surface area contributed by atoms with Gasteiger partial charge >= 0.3 is 190 Å². The number of thioether (sulfide) groups is 1. The Morgan fingerprint density at radius 3 is 2.67 bits per heavy atom. The third-order valence-electron chi connectivity index (χ3n) is 5.50. The molecule has 3 atom stereocenters. The fourth-order valence-corrected chi connectivity index (χ4v) is 8.01. The van der Waals surface area contributed by atoms with Gasteiger partial charge in [0.05, 0.1) is 0 Å². The number of hydrogen-bond donors (Lipinski definition) is 0. The summed E-state index contributed by atoms with van der Waals surface area (Å²) in [5, 5.41) is 1.25. The molecule has 1 saturated heterocycles. The van der Waals surface area contributed by atoms with E-state index in [2.05, 4.69) is 38.1 Å². The SMILES string of the molecule is CCS[C@H](C)c1cccc(OC)c1[Se]CC1(c2ccccc2)CC(C(=O)OC)CO1. The van der Waals surface area contributed by atoms with Crippen molar-refractivity contribution in [3.05, 3.63) is 59.7 Å². The van der Waals surface area contributed by atoms with Crippen LogP contribution in [0.5, 0.6) is 5.75 Å². The summed E-state index contributed by atoms with van der Waals surface area (Å²) in [6.07, 6.45) is 0.648. The van der Waals surface area contributed by atoms with E-state index in [9.17, 15) is 4.79 Å². The Morgan fingerprint density at radius 1 is 1.23 bits per heavy atom. The minimum atomic E-state index is -0.473. The first-order valence-corrected chi connectivity index (χ1v) is 13.3. The van der Waals surface area contributed by atoms with Crippen LogP contribution in [0.25, 0.3) is 0 Å². The van der Waals surface area contributed by atoms with Gasteiger partial charge in [0.25, 0.3) is 0 Å². The molecule has 2 aromatic carbocycles. The zero-order chi connectivity index (χ0) is 21.6. The van der Waals surface area contributed by atoms with Crippen LogP contribution in [-0.2, 0) is 19.9 Å². The van der Waals surface area contributed by atoms with E-state index in [4.69, 9.17) is 14.2 Å². The second kappa shape index (κ2) is 10.7. The van der Waals surface area contributed by atoms with Gasteiger partial charge in [-0.2, -0.15) is 0 Å². The first kappa shape index (κ1) is 23.2. The van der Waals surface area contributed by atoms with Crippen molar-refractivity contribution in [1.82, 2.24) is 0 Å². The van der Waals surface area contributed by atoms with Gasteiger partial charge in [-0.1, -0.05) is 0 Å². The van der Waals surface area contributed by atoms with Crippen LogP contribution < -0.4 is 9.20 Å². The van der Waals surface area contributed by atoms with E-state index >= 15 is 0 Å². The summed E-state index contributed by atoms with van der Waals surface area (Å²) in [5.41, 5.74) is 2.00. The summed E-state index contributed by atoms with van der Waals surface area (Å²) in [4.78, 5) is 12.2. The molecule has 2 aromatic rings. The van der Waals surface area contributed by atoms with Crippen molar-refractivity contribution in [2.45, 2.75) is 36.4 Å². The molecule has 0 aromatic heterocycles. The number of ether oxygens (including phenoxy) is 3. The molecule has 1 fully saturated rings. The molecule has 0 radical (unpaired) electrons. The van der Waals surface area contributed by atoms with Gasteiger partial charge in [0.2, 0.25) is 0 Å². The first-order chi connectivity index (χ1) is 14.5. The van der Waals surface area contributed by atoms with E-state index in [1.54, 1.807) is 7.11 Å². The van der Waals surface area contributed by atoms with Gasteiger partial charge in [-0.15, -0.1) is 0 Å². The van der Waals surface area contributed by atoms with Gasteiger partial charge in [-0.3, -0.25) is 0 Å². The van der Waals surface area contributed by atoms with E-state index < -0.39 is 5.60 Å². The molecule has 0 N–H and O–H groups in total. The van der Waals surface area contributed by atoms with E-state index in [1.165, 1.54) is 17.1 Å². The molecule has 0 saturated carbocycles. The topological polar surface area (TPSA) is 44.8 Å². The van der Waals surface area contributed by atoms with Crippen molar-refractivity contribution >= 4 is 37.1 Å². The molecule has 2 unspecified atom stereocenters. The summed E-state index contributed by atoms with van der Waals surface area (Å²) < 4.78 is 18.4. The molecular weight excluding hydrogens is 463 g/mol. The normalized spacial score (nSPS) is 21.9. The molecule has 6 heteroatoms. The maximum absolute atomic E-state index is 12.2. The number of esters is 1. The Kier molecular flexibility index (Phi) is 8.29. The molecule has 4 nitrogen and oxygen atoms in total. The monoisotopic (exact) mass is 494 g/mol. The maximum atomic E-state index is 12.2. The zero-order valence-electron chi connectivity index (χ0n) is 18.1. The number of rotatable bonds is 9. The second-order valence-electron chi connectivity index (χ2n) is 7.36. The van der Waals surface area contributed by atoms with Crippen LogP contribution in [0.1, 0.15) is 36.6 Å². The number of carbonyl (C=O) groups is 1. The fourth-order valence-electron chi connectivity index (χ4n) is 3.92. The van der Waals surface area contributed by atoms with Crippen molar-refractivity contribution in [3.8, 4) is 5.75 Å². The molecule has 0 bridgehead atoms. The predicted molar refractivity (Wildman–Crippen MR) is 124 cm³/mol. The van der Waals surface area contributed by atoms with Crippen molar-refractivity contribution in [3.63, 3.8) is 0 Å². The van der Waals surface area contributed by atoms with Crippen molar-refractivity contribution < 1.29 is 19.0 Å². The van der Waals surface area contributed by atoms with Crippen molar-refractivity contribution in [2.75, 3.05) is 26.6 Å². The van der Waals surface area contributed by atoms with Gasteiger partial charge in [-0.05, 0) is 0 Å². The third kappa shape index (κ3) is 5.05. The standard InChI is InChI=1S/C24H30O4SSe/c1-5-29-17(2)20-12-9-13-21(26-3)22(20)30-16-24(19-10-7-6-8-11-19)14-18(15-28-24)23(25)27-4/h6-13,17-18H,5,14-16H2,1-4H3/t17-,18?,24?/m1/s1. The Bertz CT molecular complexity index is 844. The van der Waals surface area contributed by atoms with Gasteiger partial charge in [0, 0.05) is 0 Å². The molecular formula is C24H30O4SSe. The van der Waals surface area contributed by atoms with Crippen LogP contribution in [-0.4, -0.2) is 47.5 Å². The quantitative estimate of drug-likeness (QED) is 0.384. The molecule has 0 spiro atoms. The van der Waals surface area contributed by atoms with Crippen LogP contribution in [0.3, 0.4) is 0 Å². The third-order valence-corrected chi connectivity index (χ3v) is 9.40. The van der Waals surface area contributed by atoms with E-state index in [0.29, 0.717) is 18.3 Å². The first-order valence-electron chi connectivity index (χ1n) is 10.2. The van der Waals surface area contributed by atoms with Gasteiger partial charge < -0.3 is 0 Å². The summed E-state index contributed by atoms with van der Waals surface area (Å²) >= 11 is 2.06. The summed E-state index contributed by atoms with van der Waals surface area (Å²) in [6.45, 7) is 4.85. The number of hydrogen-bond acceptors (Lipinski definition) is 5. The molecule has 3 rings (SSSR count). The van der Waals surface area contributed by atoms with E-state index in [0.717, 1.165) is 22.4 Å². The molecule has 162 valence electrons. The summed E-state index contributed by atoms with van der Waals surface area (Å²) in [6, 6.07) is 16.6. The van der Waals surface area contributed by atoms with Crippen LogP contribution in [0.15, 0.2) is 48.5 Å². The van der Waals surface area contributed by atoms with Gasteiger partial charge in [0.1, 0.15) is 0 Å².